The van der Waals surface area contributed by atoms with Crippen LogP contribution in [0.25, 0.3) is 21.7 Å². The molecule has 8 heteroatoms. The van der Waals surface area contributed by atoms with E-state index in [0.717, 1.165) is 23.9 Å². The predicted molar refractivity (Wildman–Crippen MR) is 116 cm³/mol. The monoisotopic (exact) mass is 432 g/mol. The average molecular weight is 432 g/mol. The molecule has 0 radical (unpaired) electrons. The van der Waals surface area contributed by atoms with Gasteiger partial charge in [-0.25, -0.2) is 9.97 Å². The number of ether oxygens (including phenoxy) is 1. The van der Waals surface area contributed by atoms with Crippen molar-refractivity contribution in [2.45, 2.75) is 51.6 Å². The van der Waals surface area contributed by atoms with E-state index in [9.17, 15) is 13.2 Å². The predicted octanol–water partition coefficient (Wildman–Crippen LogP) is 5.10. The highest BCUT2D eigenvalue weighted by atomic mass is 19.4. The Balaban J connectivity index is 1.74. The summed E-state index contributed by atoms with van der Waals surface area (Å²) in [5.41, 5.74) is -0.0398. The molecule has 1 fully saturated rings. The summed E-state index contributed by atoms with van der Waals surface area (Å²) in [6.07, 6.45) is -4.42. The van der Waals surface area contributed by atoms with Crippen molar-refractivity contribution in [1.29, 1.82) is 0 Å². The van der Waals surface area contributed by atoms with Crippen molar-refractivity contribution in [1.82, 2.24) is 14.9 Å². The van der Waals surface area contributed by atoms with Gasteiger partial charge in [0.2, 0.25) is 5.82 Å². The number of fused-ring (bicyclic) bond motifs is 3. The molecule has 2 atom stereocenters. The first kappa shape index (κ1) is 21.8. The van der Waals surface area contributed by atoms with E-state index in [1.807, 2.05) is 38.1 Å². The molecule has 166 valence electrons. The van der Waals surface area contributed by atoms with Gasteiger partial charge in [0.1, 0.15) is 5.82 Å². The SMILES string of the molecule is C[C@@H]1CN(C(C)(C)CNc2nc(C(F)(F)F)nc3ccc4ccccc4c23)C[C@@H](C)O1. The second kappa shape index (κ2) is 7.91. The number of rotatable bonds is 4. The Bertz CT molecular complexity index is 1090. The van der Waals surface area contributed by atoms with Crippen molar-refractivity contribution >= 4 is 27.5 Å². The number of alkyl halides is 3. The van der Waals surface area contributed by atoms with Gasteiger partial charge in [0.25, 0.3) is 0 Å². The molecule has 0 bridgehead atoms. The van der Waals surface area contributed by atoms with Crippen LogP contribution in [0.2, 0.25) is 0 Å². The van der Waals surface area contributed by atoms with Gasteiger partial charge in [0.05, 0.1) is 23.1 Å². The van der Waals surface area contributed by atoms with Gasteiger partial charge in [0.15, 0.2) is 0 Å². The zero-order valence-corrected chi connectivity index (χ0v) is 18.1. The van der Waals surface area contributed by atoms with E-state index in [1.54, 1.807) is 12.1 Å². The number of nitrogens with one attached hydrogen (secondary N) is 1. The van der Waals surface area contributed by atoms with E-state index >= 15 is 0 Å². The van der Waals surface area contributed by atoms with Crippen LogP contribution in [0, 0.1) is 0 Å². The third-order valence-electron chi connectivity index (χ3n) is 5.81. The molecule has 31 heavy (non-hydrogen) atoms. The first-order chi connectivity index (χ1) is 14.5. The van der Waals surface area contributed by atoms with Gasteiger partial charge in [0, 0.05) is 25.2 Å². The summed E-state index contributed by atoms with van der Waals surface area (Å²) in [7, 11) is 0. The molecule has 2 heterocycles. The number of hydrogen-bond donors (Lipinski definition) is 1. The summed E-state index contributed by atoms with van der Waals surface area (Å²) >= 11 is 0. The Morgan fingerprint density at radius 3 is 2.39 bits per heavy atom. The van der Waals surface area contributed by atoms with Crippen molar-refractivity contribution in [3.63, 3.8) is 0 Å². The number of anilines is 1. The summed E-state index contributed by atoms with van der Waals surface area (Å²) in [5, 5.41) is 5.58. The summed E-state index contributed by atoms with van der Waals surface area (Å²) < 4.78 is 46.3. The standard InChI is InChI=1S/C23H27F3N4O/c1-14-11-30(12-15(2)31-14)22(3,4)13-27-20-19-17-8-6-5-7-16(17)9-10-18(19)28-21(29-20)23(24,25)26/h5-10,14-15H,11-13H2,1-4H3,(H,27,28,29)/t14-,15-/m1/s1. The normalized spacial score (nSPS) is 21.0. The van der Waals surface area contributed by atoms with Gasteiger partial charge >= 0.3 is 6.18 Å². The molecule has 1 aromatic heterocycles. The van der Waals surface area contributed by atoms with Crippen LogP contribution in [0.3, 0.4) is 0 Å². The first-order valence-corrected chi connectivity index (χ1v) is 10.5. The molecule has 0 unspecified atom stereocenters. The Labute approximate surface area is 179 Å². The van der Waals surface area contributed by atoms with Gasteiger partial charge in [-0.1, -0.05) is 30.3 Å². The van der Waals surface area contributed by atoms with Crippen LogP contribution in [0.15, 0.2) is 36.4 Å². The van der Waals surface area contributed by atoms with E-state index in [1.165, 1.54) is 0 Å². The smallest absolute Gasteiger partial charge is 0.373 e. The van der Waals surface area contributed by atoms with Crippen LogP contribution < -0.4 is 5.32 Å². The largest absolute Gasteiger partial charge is 0.451 e. The molecule has 1 saturated heterocycles. The first-order valence-electron chi connectivity index (χ1n) is 10.5. The number of benzene rings is 2. The van der Waals surface area contributed by atoms with Crippen LogP contribution >= 0.6 is 0 Å². The van der Waals surface area contributed by atoms with Crippen LogP contribution in [0.1, 0.15) is 33.5 Å². The van der Waals surface area contributed by atoms with Gasteiger partial charge in [-0.05, 0) is 44.5 Å². The van der Waals surface area contributed by atoms with Crippen LogP contribution in [0.4, 0.5) is 19.0 Å². The molecule has 4 rings (SSSR count). The minimum absolute atomic E-state index is 0.101. The van der Waals surface area contributed by atoms with Gasteiger partial charge in [-0.3, -0.25) is 4.90 Å². The lowest BCUT2D eigenvalue weighted by molar-refractivity contribution is -0.144. The van der Waals surface area contributed by atoms with E-state index in [4.69, 9.17) is 4.74 Å². The molecular weight excluding hydrogens is 405 g/mol. The van der Waals surface area contributed by atoms with Gasteiger partial charge in [-0.15, -0.1) is 0 Å². The van der Waals surface area contributed by atoms with Crippen LogP contribution in [-0.2, 0) is 10.9 Å². The van der Waals surface area contributed by atoms with Crippen molar-refractivity contribution in [2.24, 2.45) is 0 Å². The summed E-state index contributed by atoms with van der Waals surface area (Å²) in [5.74, 6) is -0.930. The Morgan fingerprint density at radius 1 is 1.03 bits per heavy atom. The fourth-order valence-corrected chi connectivity index (χ4v) is 4.24. The highest BCUT2D eigenvalue weighted by Gasteiger charge is 2.37. The quantitative estimate of drug-likeness (QED) is 0.581. The summed E-state index contributed by atoms with van der Waals surface area (Å²) in [6.45, 7) is 10.2. The van der Waals surface area contributed by atoms with Gasteiger partial charge < -0.3 is 10.1 Å². The number of hydrogen-bond acceptors (Lipinski definition) is 5. The molecule has 5 nitrogen and oxygen atoms in total. The van der Waals surface area contributed by atoms with Crippen molar-refractivity contribution in [2.75, 3.05) is 25.0 Å². The fourth-order valence-electron chi connectivity index (χ4n) is 4.24. The molecule has 1 aliphatic rings. The van der Waals surface area contributed by atoms with E-state index in [2.05, 4.69) is 34.0 Å². The zero-order chi connectivity index (χ0) is 22.4. The maximum atomic E-state index is 13.5. The van der Waals surface area contributed by atoms with Crippen LogP contribution in [-0.4, -0.2) is 52.2 Å². The number of nitrogens with zero attached hydrogens (tertiary/aromatic N) is 3. The van der Waals surface area contributed by atoms with Gasteiger partial charge in [-0.2, -0.15) is 13.2 Å². The Kier molecular flexibility index (Phi) is 5.55. The van der Waals surface area contributed by atoms with Crippen LogP contribution in [0.5, 0.6) is 0 Å². The molecule has 3 aromatic rings. The highest BCUT2D eigenvalue weighted by Crippen LogP contribution is 2.34. The third-order valence-corrected chi connectivity index (χ3v) is 5.81. The number of aromatic nitrogens is 2. The fraction of sp³-hybridized carbons (Fsp3) is 0.478. The zero-order valence-electron chi connectivity index (χ0n) is 18.1. The number of halogens is 3. The topological polar surface area (TPSA) is 50.3 Å². The van der Waals surface area contributed by atoms with E-state index in [0.29, 0.717) is 11.9 Å². The number of morpholine rings is 1. The summed E-state index contributed by atoms with van der Waals surface area (Å²) in [6, 6.07) is 11.0. The lowest BCUT2D eigenvalue weighted by atomic mass is 9.99. The third kappa shape index (κ3) is 4.45. The molecule has 1 N–H and O–H groups in total. The van der Waals surface area contributed by atoms with E-state index < -0.39 is 12.0 Å². The average Bonchev–Trinajstić information content (AvgIpc) is 2.70. The second-order valence-corrected chi connectivity index (χ2v) is 8.90. The second-order valence-electron chi connectivity index (χ2n) is 8.90. The lowest BCUT2D eigenvalue weighted by Gasteiger charge is -2.45. The van der Waals surface area contributed by atoms with E-state index in [-0.39, 0.29) is 29.1 Å². The molecule has 2 aromatic carbocycles. The Morgan fingerprint density at radius 2 is 1.71 bits per heavy atom. The molecule has 1 aliphatic heterocycles. The Hall–Kier alpha value is -2.45. The lowest BCUT2D eigenvalue weighted by Crippen LogP contribution is -2.57. The maximum Gasteiger partial charge on any atom is 0.451 e. The molecule has 0 spiro atoms. The molecular formula is C23H27F3N4O. The summed E-state index contributed by atoms with van der Waals surface area (Å²) in [4.78, 5) is 10.0. The van der Waals surface area contributed by atoms with Crippen molar-refractivity contribution < 1.29 is 17.9 Å². The van der Waals surface area contributed by atoms with Crippen molar-refractivity contribution in [3.05, 3.63) is 42.2 Å². The van der Waals surface area contributed by atoms with Crippen molar-refractivity contribution in [3.8, 4) is 0 Å². The minimum Gasteiger partial charge on any atom is -0.373 e. The molecule has 0 saturated carbocycles. The molecule has 0 aliphatic carbocycles. The highest BCUT2D eigenvalue weighted by molar-refractivity contribution is 6.11. The molecule has 0 amide bonds. The minimum atomic E-state index is -4.62. The maximum absolute atomic E-state index is 13.5.